The highest BCUT2D eigenvalue weighted by molar-refractivity contribution is 5.95. The van der Waals surface area contributed by atoms with Gasteiger partial charge in [0.25, 0.3) is 0 Å². The van der Waals surface area contributed by atoms with Crippen molar-refractivity contribution in [3.63, 3.8) is 0 Å². The van der Waals surface area contributed by atoms with Crippen molar-refractivity contribution < 1.29 is 9.59 Å². The molecule has 0 radical (unpaired) electrons. The third kappa shape index (κ3) is 4.28. The van der Waals surface area contributed by atoms with Crippen molar-refractivity contribution >= 4 is 23.3 Å². The molecule has 5 heteroatoms. The number of amides is 3. The standard InChI is InChI=1S/C14H19N3O2/c1-2-8-15-14(19)17-12-5-3-4-11(9-12)16-13(18)10-6-7-10/h3-5,9-10H,2,6-8H2,1H3,(H,16,18)(H2,15,17,19). The van der Waals surface area contributed by atoms with Crippen LogP contribution in [0.2, 0.25) is 0 Å². The number of carbonyl (C=O) groups is 2. The van der Waals surface area contributed by atoms with Crippen molar-refractivity contribution in [2.45, 2.75) is 26.2 Å². The number of nitrogens with one attached hydrogen (secondary N) is 3. The summed E-state index contributed by atoms with van der Waals surface area (Å²) in [5.41, 5.74) is 1.38. The molecule has 1 aromatic carbocycles. The fourth-order valence-electron chi connectivity index (χ4n) is 1.68. The minimum Gasteiger partial charge on any atom is -0.338 e. The molecule has 0 aliphatic heterocycles. The number of rotatable bonds is 5. The molecule has 1 aromatic rings. The molecule has 0 heterocycles. The molecule has 19 heavy (non-hydrogen) atoms. The monoisotopic (exact) mass is 261 g/mol. The molecule has 0 bridgehead atoms. The zero-order valence-electron chi connectivity index (χ0n) is 11.0. The van der Waals surface area contributed by atoms with Gasteiger partial charge in [0.05, 0.1) is 0 Å². The van der Waals surface area contributed by atoms with Gasteiger partial charge in [-0.25, -0.2) is 4.79 Å². The molecule has 102 valence electrons. The van der Waals surface area contributed by atoms with Crippen LogP contribution in [0.15, 0.2) is 24.3 Å². The smallest absolute Gasteiger partial charge is 0.319 e. The summed E-state index contributed by atoms with van der Waals surface area (Å²) in [4.78, 5) is 23.2. The van der Waals surface area contributed by atoms with Crippen molar-refractivity contribution in [1.82, 2.24) is 5.32 Å². The predicted octanol–water partition coefficient (Wildman–Crippen LogP) is 2.57. The van der Waals surface area contributed by atoms with Crippen LogP contribution in [0.1, 0.15) is 26.2 Å². The molecular formula is C14H19N3O2. The lowest BCUT2D eigenvalue weighted by Crippen LogP contribution is -2.29. The topological polar surface area (TPSA) is 70.2 Å². The zero-order chi connectivity index (χ0) is 13.7. The fourth-order valence-corrected chi connectivity index (χ4v) is 1.68. The summed E-state index contributed by atoms with van der Waals surface area (Å²) in [5.74, 6) is 0.233. The summed E-state index contributed by atoms with van der Waals surface area (Å²) in [6.45, 7) is 2.64. The quantitative estimate of drug-likeness (QED) is 0.762. The Bertz CT molecular complexity index is 470. The normalized spacial score (nSPS) is 13.7. The molecule has 2 rings (SSSR count). The van der Waals surface area contributed by atoms with E-state index in [0.717, 1.165) is 19.3 Å². The van der Waals surface area contributed by atoms with E-state index in [0.29, 0.717) is 17.9 Å². The van der Waals surface area contributed by atoms with Crippen molar-refractivity contribution in [1.29, 1.82) is 0 Å². The van der Waals surface area contributed by atoms with Crippen molar-refractivity contribution in [3.8, 4) is 0 Å². The van der Waals surface area contributed by atoms with Crippen LogP contribution in [-0.2, 0) is 4.79 Å². The van der Waals surface area contributed by atoms with E-state index in [1.807, 2.05) is 13.0 Å². The highest BCUT2D eigenvalue weighted by atomic mass is 16.2. The van der Waals surface area contributed by atoms with Crippen molar-refractivity contribution in [2.24, 2.45) is 5.92 Å². The van der Waals surface area contributed by atoms with Crippen LogP contribution in [0.4, 0.5) is 16.2 Å². The minimum absolute atomic E-state index is 0.0626. The SMILES string of the molecule is CCCNC(=O)Nc1cccc(NC(=O)C2CC2)c1. The number of benzene rings is 1. The van der Waals surface area contributed by atoms with E-state index >= 15 is 0 Å². The van der Waals surface area contributed by atoms with Crippen LogP contribution in [0.25, 0.3) is 0 Å². The molecule has 5 nitrogen and oxygen atoms in total. The number of hydrogen-bond donors (Lipinski definition) is 3. The Labute approximate surface area is 112 Å². The van der Waals surface area contributed by atoms with Gasteiger partial charge in [-0.1, -0.05) is 13.0 Å². The van der Waals surface area contributed by atoms with E-state index in [1.165, 1.54) is 0 Å². The fraction of sp³-hybridized carbons (Fsp3) is 0.429. The second kappa shape index (κ2) is 6.22. The molecule has 3 N–H and O–H groups in total. The first-order valence-electron chi connectivity index (χ1n) is 6.65. The van der Waals surface area contributed by atoms with E-state index in [2.05, 4.69) is 16.0 Å². The summed E-state index contributed by atoms with van der Waals surface area (Å²) in [6, 6.07) is 6.94. The Morgan fingerprint density at radius 3 is 2.53 bits per heavy atom. The lowest BCUT2D eigenvalue weighted by Gasteiger charge is -2.09. The van der Waals surface area contributed by atoms with Gasteiger partial charge in [0, 0.05) is 23.8 Å². The van der Waals surface area contributed by atoms with Crippen molar-refractivity contribution in [2.75, 3.05) is 17.2 Å². The molecule has 1 fully saturated rings. The predicted molar refractivity (Wildman–Crippen MR) is 75.1 cm³/mol. The Hall–Kier alpha value is -2.04. The maximum absolute atomic E-state index is 11.6. The van der Waals surface area contributed by atoms with Crippen LogP contribution >= 0.6 is 0 Å². The summed E-state index contributed by atoms with van der Waals surface area (Å²) >= 11 is 0. The number of anilines is 2. The van der Waals surface area contributed by atoms with E-state index in [4.69, 9.17) is 0 Å². The number of carbonyl (C=O) groups excluding carboxylic acids is 2. The highest BCUT2D eigenvalue weighted by Gasteiger charge is 2.29. The molecule has 0 saturated heterocycles. The van der Waals surface area contributed by atoms with Crippen LogP contribution in [0.3, 0.4) is 0 Å². The molecular weight excluding hydrogens is 242 g/mol. The molecule has 1 aliphatic rings. The molecule has 0 aromatic heterocycles. The first kappa shape index (κ1) is 13.4. The van der Waals surface area contributed by atoms with Gasteiger partial charge in [-0.2, -0.15) is 0 Å². The van der Waals surface area contributed by atoms with Gasteiger partial charge in [-0.15, -0.1) is 0 Å². The first-order valence-corrected chi connectivity index (χ1v) is 6.65. The summed E-state index contributed by atoms with van der Waals surface area (Å²) < 4.78 is 0. The minimum atomic E-state index is -0.229. The summed E-state index contributed by atoms with van der Waals surface area (Å²) in [5, 5.41) is 8.32. The molecule has 0 spiro atoms. The van der Waals surface area contributed by atoms with E-state index in [1.54, 1.807) is 18.2 Å². The third-order valence-corrected chi connectivity index (χ3v) is 2.87. The number of urea groups is 1. The van der Waals surface area contributed by atoms with Gasteiger partial charge in [-0.3, -0.25) is 4.79 Å². The van der Waals surface area contributed by atoms with Gasteiger partial charge >= 0.3 is 6.03 Å². The zero-order valence-corrected chi connectivity index (χ0v) is 11.0. The van der Waals surface area contributed by atoms with E-state index in [9.17, 15) is 9.59 Å². The molecule has 3 amide bonds. The lowest BCUT2D eigenvalue weighted by atomic mass is 10.2. The van der Waals surface area contributed by atoms with Gasteiger partial charge in [0.2, 0.25) is 5.91 Å². The van der Waals surface area contributed by atoms with Crippen LogP contribution in [-0.4, -0.2) is 18.5 Å². The van der Waals surface area contributed by atoms with Crippen molar-refractivity contribution in [3.05, 3.63) is 24.3 Å². The Morgan fingerprint density at radius 2 is 1.89 bits per heavy atom. The highest BCUT2D eigenvalue weighted by Crippen LogP contribution is 2.30. The number of hydrogen-bond acceptors (Lipinski definition) is 2. The van der Waals surface area contributed by atoms with Gasteiger partial charge in [0.1, 0.15) is 0 Å². The molecule has 1 aliphatic carbocycles. The third-order valence-electron chi connectivity index (χ3n) is 2.87. The first-order chi connectivity index (χ1) is 9.19. The van der Waals surface area contributed by atoms with Crippen LogP contribution in [0, 0.1) is 5.92 Å². The van der Waals surface area contributed by atoms with E-state index < -0.39 is 0 Å². The maximum Gasteiger partial charge on any atom is 0.319 e. The van der Waals surface area contributed by atoms with Crippen LogP contribution < -0.4 is 16.0 Å². The average molecular weight is 261 g/mol. The lowest BCUT2D eigenvalue weighted by molar-refractivity contribution is -0.117. The maximum atomic E-state index is 11.6. The largest absolute Gasteiger partial charge is 0.338 e. The Morgan fingerprint density at radius 1 is 1.21 bits per heavy atom. The second-order valence-electron chi connectivity index (χ2n) is 4.73. The van der Waals surface area contributed by atoms with Crippen LogP contribution in [0.5, 0.6) is 0 Å². The molecule has 0 atom stereocenters. The molecule has 1 saturated carbocycles. The second-order valence-corrected chi connectivity index (χ2v) is 4.73. The van der Waals surface area contributed by atoms with E-state index in [-0.39, 0.29) is 17.9 Å². The van der Waals surface area contributed by atoms with Gasteiger partial charge < -0.3 is 16.0 Å². The van der Waals surface area contributed by atoms with Gasteiger partial charge in [-0.05, 0) is 37.5 Å². The Balaban J connectivity index is 1.90. The average Bonchev–Trinajstić information content (AvgIpc) is 3.21. The summed E-state index contributed by atoms with van der Waals surface area (Å²) in [6.07, 6.45) is 2.84. The van der Waals surface area contributed by atoms with Gasteiger partial charge in [0.15, 0.2) is 0 Å². The molecule has 0 unspecified atom stereocenters. The Kier molecular flexibility index (Phi) is 4.39. The summed E-state index contributed by atoms with van der Waals surface area (Å²) in [7, 11) is 0.